The summed E-state index contributed by atoms with van der Waals surface area (Å²) >= 11 is 1.64. The van der Waals surface area contributed by atoms with Crippen molar-refractivity contribution in [3.8, 4) is 5.75 Å². The molecule has 1 atom stereocenters. The van der Waals surface area contributed by atoms with Gasteiger partial charge >= 0.3 is 0 Å². The summed E-state index contributed by atoms with van der Waals surface area (Å²) in [5, 5.41) is 1.99. The van der Waals surface area contributed by atoms with Gasteiger partial charge in [-0.2, -0.15) is 0 Å². The predicted molar refractivity (Wildman–Crippen MR) is 86.7 cm³/mol. The summed E-state index contributed by atoms with van der Waals surface area (Å²) in [5.74, 6) is 0.879. The first-order valence-electron chi connectivity index (χ1n) is 6.96. The highest BCUT2D eigenvalue weighted by molar-refractivity contribution is 7.10. The zero-order chi connectivity index (χ0) is 14.8. The lowest BCUT2D eigenvalue weighted by Crippen LogP contribution is -2.16. The van der Waals surface area contributed by atoms with Gasteiger partial charge in [-0.25, -0.2) is 0 Å². The van der Waals surface area contributed by atoms with Crippen molar-refractivity contribution in [2.24, 2.45) is 5.73 Å². The summed E-state index contributed by atoms with van der Waals surface area (Å²) in [4.78, 5) is 1.13. The third-order valence-electron chi connectivity index (χ3n) is 4.07. The number of thiophene rings is 1. The molecule has 0 radical (unpaired) electrons. The summed E-state index contributed by atoms with van der Waals surface area (Å²) in [6, 6.07) is 10.6. The molecule has 0 aliphatic heterocycles. The van der Waals surface area contributed by atoms with Crippen LogP contribution >= 0.6 is 11.3 Å². The molecule has 1 unspecified atom stereocenters. The van der Waals surface area contributed by atoms with E-state index in [0.717, 1.165) is 22.6 Å². The molecule has 1 aromatic heterocycles. The Labute approximate surface area is 125 Å². The van der Waals surface area contributed by atoms with Gasteiger partial charge in [0.15, 0.2) is 0 Å². The van der Waals surface area contributed by atoms with E-state index in [9.17, 15) is 0 Å². The molecule has 2 aromatic rings. The highest BCUT2D eigenvalue weighted by atomic mass is 32.1. The van der Waals surface area contributed by atoms with Crippen molar-refractivity contribution >= 4 is 11.3 Å². The zero-order valence-electron chi connectivity index (χ0n) is 12.6. The smallest absolute Gasteiger partial charge is 0.129 e. The zero-order valence-corrected chi connectivity index (χ0v) is 13.5. The van der Waals surface area contributed by atoms with Crippen molar-refractivity contribution in [1.29, 1.82) is 0 Å². The lowest BCUT2D eigenvalue weighted by atomic mass is 9.82. The minimum absolute atomic E-state index is 0.0808. The van der Waals surface area contributed by atoms with Crippen molar-refractivity contribution in [3.63, 3.8) is 0 Å². The van der Waals surface area contributed by atoms with Crippen LogP contribution in [-0.2, 0) is 5.41 Å². The van der Waals surface area contributed by atoms with E-state index >= 15 is 0 Å². The van der Waals surface area contributed by atoms with Crippen LogP contribution in [0, 0.1) is 0 Å². The molecule has 0 bridgehead atoms. The van der Waals surface area contributed by atoms with Gasteiger partial charge in [0.1, 0.15) is 5.75 Å². The summed E-state index contributed by atoms with van der Waals surface area (Å²) in [7, 11) is 1.68. The Morgan fingerprint density at radius 2 is 1.90 bits per heavy atom. The van der Waals surface area contributed by atoms with E-state index in [1.165, 1.54) is 5.56 Å². The third-order valence-corrected chi connectivity index (χ3v) is 5.07. The Morgan fingerprint density at radius 3 is 2.40 bits per heavy atom. The van der Waals surface area contributed by atoms with Crippen LogP contribution < -0.4 is 10.5 Å². The average molecular weight is 289 g/mol. The van der Waals surface area contributed by atoms with E-state index in [-0.39, 0.29) is 11.5 Å². The fourth-order valence-electron chi connectivity index (χ4n) is 2.11. The normalized spacial score (nSPS) is 13.2. The first kappa shape index (κ1) is 15.1. The quantitative estimate of drug-likeness (QED) is 0.880. The van der Waals surface area contributed by atoms with Crippen molar-refractivity contribution < 1.29 is 4.74 Å². The van der Waals surface area contributed by atoms with Gasteiger partial charge in [-0.1, -0.05) is 45.0 Å². The number of hydrogen-bond donors (Lipinski definition) is 1. The lowest BCUT2D eigenvalue weighted by Gasteiger charge is -2.24. The topological polar surface area (TPSA) is 35.2 Å². The molecule has 0 spiro atoms. The molecule has 2 rings (SSSR count). The van der Waals surface area contributed by atoms with Gasteiger partial charge in [-0.05, 0) is 29.0 Å². The Hall–Kier alpha value is -1.32. The second-order valence-corrected chi connectivity index (χ2v) is 6.67. The first-order valence-corrected chi connectivity index (χ1v) is 7.84. The van der Waals surface area contributed by atoms with Crippen LogP contribution in [0.3, 0.4) is 0 Å². The van der Waals surface area contributed by atoms with Gasteiger partial charge in [-0.3, -0.25) is 0 Å². The molecule has 108 valence electrons. The van der Waals surface area contributed by atoms with E-state index in [1.54, 1.807) is 18.4 Å². The SMILES string of the molecule is CCC(C)(C)c1ccc(C(N)c2cc(OC)cs2)cc1. The van der Waals surface area contributed by atoms with Gasteiger partial charge in [0.2, 0.25) is 0 Å². The number of hydrogen-bond acceptors (Lipinski definition) is 3. The Bertz CT molecular complexity index is 557. The average Bonchev–Trinajstić information content (AvgIpc) is 2.95. The van der Waals surface area contributed by atoms with Crippen LogP contribution in [0.15, 0.2) is 35.7 Å². The standard InChI is InChI=1S/C17H23NOS/c1-5-17(2,3)13-8-6-12(7-9-13)16(18)15-10-14(19-4)11-20-15/h6-11,16H,5,18H2,1-4H3. The molecule has 0 amide bonds. The van der Waals surface area contributed by atoms with E-state index in [2.05, 4.69) is 45.0 Å². The molecule has 1 heterocycles. The summed E-state index contributed by atoms with van der Waals surface area (Å²) < 4.78 is 5.21. The maximum atomic E-state index is 6.33. The highest BCUT2D eigenvalue weighted by Gasteiger charge is 2.18. The first-order chi connectivity index (χ1) is 9.47. The third kappa shape index (κ3) is 3.05. The van der Waals surface area contributed by atoms with Crippen LogP contribution in [0.5, 0.6) is 5.75 Å². The molecule has 0 saturated carbocycles. The maximum absolute atomic E-state index is 6.33. The lowest BCUT2D eigenvalue weighted by molar-refractivity contribution is 0.416. The Kier molecular flexibility index (Phi) is 4.51. The summed E-state index contributed by atoms with van der Waals surface area (Å²) in [6.45, 7) is 6.76. The maximum Gasteiger partial charge on any atom is 0.129 e. The molecule has 2 N–H and O–H groups in total. The van der Waals surface area contributed by atoms with Crippen molar-refractivity contribution in [2.45, 2.75) is 38.6 Å². The van der Waals surface area contributed by atoms with Gasteiger partial charge in [-0.15, -0.1) is 11.3 Å². The minimum Gasteiger partial charge on any atom is -0.496 e. The molecule has 1 aromatic carbocycles. The van der Waals surface area contributed by atoms with Crippen LogP contribution in [0.4, 0.5) is 0 Å². The molecule has 3 heteroatoms. The predicted octanol–water partition coefficient (Wildman–Crippen LogP) is 4.49. The molecule has 20 heavy (non-hydrogen) atoms. The molecule has 0 saturated heterocycles. The van der Waals surface area contributed by atoms with Crippen molar-refractivity contribution in [2.75, 3.05) is 7.11 Å². The molecule has 2 nitrogen and oxygen atoms in total. The van der Waals surface area contributed by atoms with Crippen LogP contribution in [0.2, 0.25) is 0 Å². The van der Waals surface area contributed by atoms with Gasteiger partial charge in [0, 0.05) is 10.3 Å². The van der Waals surface area contributed by atoms with Crippen molar-refractivity contribution in [3.05, 3.63) is 51.7 Å². The van der Waals surface area contributed by atoms with Gasteiger partial charge < -0.3 is 10.5 Å². The second-order valence-electron chi connectivity index (χ2n) is 5.73. The van der Waals surface area contributed by atoms with Gasteiger partial charge in [0.25, 0.3) is 0 Å². The van der Waals surface area contributed by atoms with Crippen molar-refractivity contribution in [1.82, 2.24) is 0 Å². The van der Waals surface area contributed by atoms with E-state index in [1.807, 2.05) is 11.4 Å². The Balaban J connectivity index is 2.21. The number of benzene rings is 1. The van der Waals surface area contributed by atoms with E-state index in [0.29, 0.717) is 0 Å². The fourth-order valence-corrected chi connectivity index (χ4v) is 3.00. The number of ether oxygens (including phenoxy) is 1. The molecule has 0 fully saturated rings. The Morgan fingerprint density at radius 1 is 1.25 bits per heavy atom. The van der Waals surface area contributed by atoms with E-state index in [4.69, 9.17) is 10.5 Å². The van der Waals surface area contributed by atoms with Crippen LogP contribution in [-0.4, -0.2) is 7.11 Å². The monoisotopic (exact) mass is 289 g/mol. The number of nitrogens with two attached hydrogens (primary N) is 1. The largest absolute Gasteiger partial charge is 0.496 e. The molecule has 0 aliphatic carbocycles. The van der Waals surface area contributed by atoms with Crippen LogP contribution in [0.25, 0.3) is 0 Å². The van der Waals surface area contributed by atoms with E-state index < -0.39 is 0 Å². The highest BCUT2D eigenvalue weighted by Crippen LogP contribution is 2.31. The molecular formula is C17H23NOS. The molecular weight excluding hydrogens is 266 g/mol. The number of rotatable bonds is 5. The minimum atomic E-state index is -0.0808. The number of methoxy groups -OCH3 is 1. The summed E-state index contributed by atoms with van der Waals surface area (Å²) in [5.41, 5.74) is 9.05. The second kappa shape index (κ2) is 5.98. The molecule has 0 aliphatic rings. The fraction of sp³-hybridized carbons (Fsp3) is 0.412. The summed E-state index contributed by atoms with van der Waals surface area (Å²) in [6.07, 6.45) is 1.13. The van der Waals surface area contributed by atoms with Gasteiger partial charge in [0.05, 0.1) is 13.2 Å². The van der Waals surface area contributed by atoms with Crippen LogP contribution in [0.1, 0.15) is 49.2 Å².